The molecular formula is C79H100Cl2N10O29. The number of rotatable bonds is 24. The Labute approximate surface area is 696 Å². The lowest BCUT2D eigenvalue weighted by molar-refractivity contribution is -0.350. The van der Waals surface area contributed by atoms with Crippen LogP contribution in [-0.4, -0.2) is 258 Å². The third-order valence-electron chi connectivity index (χ3n) is 21.3. The maximum atomic E-state index is 16.4. The van der Waals surface area contributed by atoms with E-state index < -0.39 is 279 Å². The Morgan fingerprint density at radius 3 is 1.93 bits per heavy atom. The number of amides is 7. The summed E-state index contributed by atoms with van der Waals surface area (Å²) in [5, 5.41) is 158. The van der Waals surface area contributed by atoms with Crippen molar-refractivity contribution in [1.29, 1.82) is 0 Å². The van der Waals surface area contributed by atoms with Crippen LogP contribution in [0.2, 0.25) is 10.0 Å². The number of carboxylic acids is 1. The number of carbonyl (C=O) groups excluding carboxylic acids is 7. The number of nitrogens with one attached hydrogen (secondary N) is 8. The molecule has 0 aromatic heterocycles. The molecule has 5 aromatic carbocycles. The number of aliphatic carboxylic acids is 1. The molecular weight excluding hydrogens is 1620 g/mol. The van der Waals surface area contributed by atoms with E-state index in [1.54, 1.807) is 0 Å². The fraction of sp³-hybridized carbons (Fsp3) is 0.519. The van der Waals surface area contributed by atoms with Gasteiger partial charge in [0.25, 0.3) is 0 Å². The normalized spacial score (nSPS) is 30.6. The molecule has 24 N–H and O–H groups in total. The van der Waals surface area contributed by atoms with Gasteiger partial charge in [0.2, 0.25) is 53.4 Å². The number of likely N-dealkylation sites (N-methyl/N-ethyl adjacent to an activating group) is 1. The van der Waals surface area contributed by atoms with Crippen LogP contribution in [0.25, 0.3) is 11.1 Å². The number of carboxylic acid groups (broad SMARTS) is 1. The van der Waals surface area contributed by atoms with E-state index in [2.05, 4.69) is 42.5 Å². The Morgan fingerprint density at radius 1 is 0.675 bits per heavy atom. The summed E-state index contributed by atoms with van der Waals surface area (Å²) >= 11 is 14.5. The molecule has 39 nitrogen and oxygen atoms in total. The highest BCUT2D eigenvalue weighted by molar-refractivity contribution is 6.32. The minimum atomic E-state index is -2.41. The number of phenolic OH excluding ortho intramolecular Hbond substituents is 3. The number of benzene rings is 5. The molecule has 0 spiro atoms. The molecule has 11 bridgehead atoms. The number of hydrogen-bond acceptors (Lipinski definition) is 31. The molecule has 120 heavy (non-hydrogen) atoms. The average molecular weight is 1720 g/mol. The fourth-order valence-corrected chi connectivity index (χ4v) is 15.3. The summed E-state index contributed by atoms with van der Waals surface area (Å²) in [7, 11) is 1.46. The van der Waals surface area contributed by atoms with Gasteiger partial charge in [-0.05, 0) is 129 Å². The number of aliphatic hydroxyl groups is 8. The molecule has 5 aromatic rings. The van der Waals surface area contributed by atoms with Gasteiger partial charge >= 0.3 is 5.97 Å². The van der Waals surface area contributed by atoms with Crippen molar-refractivity contribution < 1.29 is 142 Å². The molecule has 0 saturated carbocycles. The first-order valence-electron chi connectivity index (χ1n) is 38.8. The standard InChI is InChI=1S/C79H100Cl2N10O29/c1-7-8-17-112-18-9-16-85-29-50-61(98)62(99)64(101)77(116-50)120-68-51(30-92)117-78(65(102)63(68)100)119-67-48-23-36-24-49(67)115-47-15-12-35(22-41(47)81)66(118-53-28-79(5,83)69(103)32(4)113-53)59-75(109)89-57(76(110)111)39-25-37(93)26-45(95)54(39)38-20-33(10-13-44(38)94)55(72(106)91-59)88-73(107)56(36)87-71(105)43(27-52(82)96)86-74(108)58(90-70(104)42(84-6)19-31(2)3)60(97)34-11-14-46(114-48)40(80)21-34/h10-15,20-26,31-32,42-43,50-51,53,55-66,68-69,77-78,84-85,92-95,97-103H,7-9,16-19,27-30,83H2,1-6H3,(H2,82,96)(H,86,108)(H,87,105)(H,88,107)(H,89,109)(H,90,104)(H,91,106)(H,110,111)/t32-,42+,43-,50+,51+,53-,55-,56+,57-,58?,59-,60+,61-,62-,63+,64+,65+,66+,68+,69-,77-,78-,79-/m0/s1. The van der Waals surface area contributed by atoms with Crippen molar-refractivity contribution in [2.45, 2.75) is 213 Å². The summed E-state index contributed by atoms with van der Waals surface area (Å²) in [6.45, 7) is 8.69. The van der Waals surface area contributed by atoms with Crippen molar-refractivity contribution in [2.75, 3.05) is 40.0 Å². The van der Waals surface area contributed by atoms with Gasteiger partial charge in [0.1, 0.15) is 120 Å². The molecule has 41 heteroatoms. The maximum absolute atomic E-state index is 16.4. The van der Waals surface area contributed by atoms with Gasteiger partial charge in [0.05, 0.1) is 41.3 Å². The minimum Gasteiger partial charge on any atom is -0.508 e. The zero-order valence-electron chi connectivity index (χ0n) is 65.8. The lowest BCUT2D eigenvalue weighted by atomic mass is 9.86. The highest BCUT2D eigenvalue weighted by Gasteiger charge is 2.53. The molecule has 23 atom stereocenters. The molecule has 13 rings (SSSR count). The van der Waals surface area contributed by atoms with E-state index in [-0.39, 0.29) is 42.0 Å². The van der Waals surface area contributed by atoms with Crippen LogP contribution in [0, 0.1) is 5.92 Å². The summed E-state index contributed by atoms with van der Waals surface area (Å²) < 4.78 is 56.6. The van der Waals surface area contributed by atoms with Crippen LogP contribution >= 0.6 is 23.2 Å². The quantitative estimate of drug-likeness (QED) is 0.0354. The second-order valence-corrected chi connectivity index (χ2v) is 31.7. The Bertz CT molecular complexity index is 4590. The molecule has 8 heterocycles. The van der Waals surface area contributed by atoms with Gasteiger partial charge in [-0.15, -0.1) is 0 Å². The molecule has 1 unspecified atom stereocenters. The molecule has 654 valence electrons. The second kappa shape index (κ2) is 39.2. The van der Waals surface area contributed by atoms with E-state index in [0.717, 1.165) is 79.6 Å². The first-order valence-corrected chi connectivity index (χ1v) is 39.6. The molecule has 0 radical (unpaired) electrons. The van der Waals surface area contributed by atoms with E-state index in [9.17, 15) is 75.7 Å². The number of fused-ring (bicyclic) bond motifs is 15. The maximum Gasteiger partial charge on any atom is 0.330 e. The Morgan fingerprint density at radius 2 is 1.30 bits per heavy atom. The van der Waals surface area contributed by atoms with Crippen LogP contribution < -0.4 is 68.2 Å². The second-order valence-electron chi connectivity index (χ2n) is 30.9. The van der Waals surface area contributed by atoms with Crippen molar-refractivity contribution in [3.8, 4) is 57.1 Å². The van der Waals surface area contributed by atoms with Gasteiger partial charge in [-0.2, -0.15) is 0 Å². The van der Waals surface area contributed by atoms with Gasteiger partial charge in [-0.25, -0.2) is 4.79 Å². The number of halogens is 2. The Hall–Kier alpha value is -9.44. The summed E-state index contributed by atoms with van der Waals surface area (Å²) in [4.78, 5) is 120. The number of aromatic hydroxyl groups is 3. The minimum absolute atomic E-state index is 0.107. The van der Waals surface area contributed by atoms with Gasteiger partial charge in [0.15, 0.2) is 30.1 Å². The van der Waals surface area contributed by atoms with Gasteiger partial charge in [-0.3, -0.25) is 33.6 Å². The van der Waals surface area contributed by atoms with E-state index in [0.29, 0.717) is 26.2 Å². The monoisotopic (exact) mass is 1720 g/mol. The van der Waals surface area contributed by atoms with Crippen LogP contribution in [0.5, 0.6) is 46.0 Å². The summed E-state index contributed by atoms with van der Waals surface area (Å²) in [5.74, 6) is -16.6. The SMILES string of the molecule is CCCCOCCCNC[C@H]1O[C@@H](O[C@H]2[C@H](O)[C@@H](O)[C@H](Oc3c4cc5cc3Oc3ccc(cc3Cl)[C@@H](O[C@H]3C[C@](C)(N)[C@@H](O)[C@H](C)O3)[C@@H]3NC(=O)[C@@H](NC(=O)[C@@H]5NC(=O)[C@H](CC(N)=O)NC(=O)C(NC(=O)[C@@H](CC(C)C)NC)[C@H](O)c5ccc(c(Cl)c5)O4)c4ccc(O)c(c4)-c4c(O)cc(O)cc4[C@@H](C(=O)O)NC3=O)O[C@@H]2CO)[C@H](O)[C@@H](O)[C@H]1O. The van der Waals surface area contributed by atoms with Crippen molar-refractivity contribution >= 4 is 70.5 Å². The predicted octanol–water partition coefficient (Wildman–Crippen LogP) is -0.265. The number of phenols is 3. The Kier molecular flexibility index (Phi) is 29.8. The number of aliphatic hydroxyl groups excluding tert-OH is 8. The number of unbranched alkanes of at least 4 members (excludes halogenated alkanes) is 1. The van der Waals surface area contributed by atoms with Crippen LogP contribution in [0.4, 0.5) is 0 Å². The summed E-state index contributed by atoms with van der Waals surface area (Å²) in [6, 6.07) is -0.925. The van der Waals surface area contributed by atoms with Gasteiger partial charge < -0.3 is 158 Å². The van der Waals surface area contributed by atoms with Crippen LogP contribution in [0.15, 0.2) is 78.9 Å². The zero-order chi connectivity index (χ0) is 87.2. The molecule has 8 aliphatic heterocycles. The third kappa shape index (κ3) is 20.7. The van der Waals surface area contributed by atoms with Crippen molar-refractivity contribution in [3.63, 3.8) is 0 Å². The molecule has 3 saturated heterocycles. The summed E-state index contributed by atoms with van der Waals surface area (Å²) in [6.07, 6.45) is -26.4. The van der Waals surface area contributed by atoms with Gasteiger partial charge in [-0.1, -0.05) is 68.6 Å². The predicted molar refractivity (Wildman–Crippen MR) is 418 cm³/mol. The molecule has 7 amide bonds. The first-order chi connectivity index (χ1) is 56.9. The fourth-order valence-electron chi connectivity index (χ4n) is 14.9. The van der Waals surface area contributed by atoms with E-state index in [1.165, 1.54) is 33.0 Å². The number of primary amides is 1. The van der Waals surface area contributed by atoms with E-state index in [4.69, 9.17) is 77.3 Å². The van der Waals surface area contributed by atoms with E-state index >= 15 is 24.0 Å². The highest BCUT2D eigenvalue weighted by Crippen LogP contribution is 2.50. The number of carbonyl (C=O) groups is 8. The molecule has 8 aliphatic rings. The average Bonchev–Trinajstić information content (AvgIpc) is 0.823. The lowest BCUT2D eigenvalue weighted by Crippen LogP contribution is -2.65. The zero-order valence-corrected chi connectivity index (χ0v) is 67.3. The number of nitrogens with two attached hydrogens (primary N) is 2. The first kappa shape index (κ1) is 91.3. The third-order valence-corrected chi connectivity index (χ3v) is 21.9. The van der Waals surface area contributed by atoms with Crippen LogP contribution in [0.1, 0.15) is 131 Å². The van der Waals surface area contributed by atoms with Crippen molar-refractivity contribution in [2.24, 2.45) is 17.4 Å². The Balaban J connectivity index is 1.11. The highest BCUT2D eigenvalue weighted by atomic mass is 35.5. The van der Waals surface area contributed by atoms with Crippen LogP contribution in [0.3, 0.4) is 0 Å². The van der Waals surface area contributed by atoms with E-state index in [1.807, 2.05) is 20.8 Å². The molecule has 3 fully saturated rings. The largest absolute Gasteiger partial charge is 0.508 e. The van der Waals surface area contributed by atoms with Gasteiger partial charge in [0, 0.05) is 54.5 Å². The lowest BCUT2D eigenvalue weighted by Gasteiger charge is -2.46. The summed E-state index contributed by atoms with van der Waals surface area (Å²) in [5.41, 5.74) is 8.01. The smallest absolute Gasteiger partial charge is 0.330 e. The molecule has 0 aliphatic carbocycles. The van der Waals surface area contributed by atoms with Crippen LogP contribution in [-0.2, 0) is 66.8 Å². The van der Waals surface area contributed by atoms with Crippen molar-refractivity contribution in [3.05, 3.63) is 117 Å². The van der Waals surface area contributed by atoms with Crippen molar-refractivity contribution in [1.82, 2.24) is 42.5 Å². The number of ether oxygens (including phenoxy) is 9. The topological polar surface area (TPSA) is 611 Å². The number of hydrogen-bond donors (Lipinski definition) is 22.